The van der Waals surface area contributed by atoms with Crippen molar-refractivity contribution in [1.82, 2.24) is 9.45 Å². The maximum atomic E-state index is 11.9. The van der Waals surface area contributed by atoms with E-state index in [9.17, 15) is 10.1 Å². The quantitative estimate of drug-likeness (QED) is 0.343. The molecular formula is C24H29N6O3P. The lowest BCUT2D eigenvalue weighted by molar-refractivity contribution is -0.384. The fourth-order valence-electron chi connectivity index (χ4n) is 5.30. The van der Waals surface area contributed by atoms with Crippen molar-refractivity contribution in [1.29, 1.82) is 0 Å². The summed E-state index contributed by atoms with van der Waals surface area (Å²) in [5.74, 6) is 0. The summed E-state index contributed by atoms with van der Waals surface area (Å²) in [6, 6.07) is 15.1. The van der Waals surface area contributed by atoms with Gasteiger partial charge >= 0.3 is 0 Å². The first kappa shape index (κ1) is 22.8. The van der Waals surface area contributed by atoms with Crippen molar-refractivity contribution in [3.8, 4) is 0 Å². The van der Waals surface area contributed by atoms with Crippen LogP contribution >= 0.6 is 7.36 Å². The Labute approximate surface area is 199 Å². The minimum Gasteiger partial charge on any atom is -0.379 e. The zero-order valence-electron chi connectivity index (χ0n) is 19.9. The molecule has 10 heteroatoms. The van der Waals surface area contributed by atoms with E-state index >= 15 is 0 Å². The molecular weight excluding hydrogens is 451 g/mol. The fraction of sp³-hybridized carbons (Fsp3) is 0.375. The standard InChI is InChI=1S/C24H29N6O3P/c1-24(2)18-9-5-7-11-20(18)27(3)23(24)22-17-25-28(4)34(22,29-13-15-33-16-14-29)26-19-10-6-8-12-21(19)30(31)32/h5-12,17H,13-16H2,1-4H3. The molecule has 3 heterocycles. The van der Waals surface area contributed by atoms with E-state index in [1.165, 1.54) is 11.6 Å². The van der Waals surface area contributed by atoms with Crippen molar-refractivity contribution < 1.29 is 9.66 Å². The van der Waals surface area contributed by atoms with Gasteiger partial charge in [-0.1, -0.05) is 44.2 Å². The van der Waals surface area contributed by atoms with E-state index in [1.54, 1.807) is 18.2 Å². The van der Waals surface area contributed by atoms with E-state index in [2.05, 4.69) is 54.7 Å². The molecule has 1 saturated heterocycles. The second-order valence-corrected chi connectivity index (χ2v) is 12.1. The molecule has 0 saturated carbocycles. The molecule has 0 radical (unpaired) electrons. The molecule has 178 valence electrons. The van der Waals surface area contributed by atoms with Gasteiger partial charge in [-0.2, -0.15) is 5.10 Å². The lowest BCUT2D eigenvalue weighted by Crippen LogP contribution is -2.37. The Hall–Kier alpha value is -3.00. The summed E-state index contributed by atoms with van der Waals surface area (Å²) in [7, 11) is 1.33. The highest BCUT2D eigenvalue weighted by Gasteiger charge is 2.48. The molecule has 9 nitrogen and oxygen atoms in total. The van der Waals surface area contributed by atoms with Crippen molar-refractivity contribution >= 4 is 30.6 Å². The van der Waals surface area contributed by atoms with Crippen molar-refractivity contribution in [2.75, 3.05) is 45.3 Å². The average molecular weight is 481 g/mol. The van der Waals surface area contributed by atoms with Crippen LogP contribution in [0.1, 0.15) is 19.4 Å². The molecule has 0 amide bonds. The molecule has 34 heavy (non-hydrogen) atoms. The van der Waals surface area contributed by atoms with Gasteiger partial charge in [0.05, 0.1) is 29.7 Å². The van der Waals surface area contributed by atoms with Gasteiger partial charge in [-0.05, 0) is 17.7 Å². The number of hydrogen-bond donors (Lipinski definition) is 0. The summed E-state index contributed by atoms with van der Waals surface area (Å²) in [5, 5.41) is 17.6. The Morgan fingerprint density at radius 1 is 1.09 bits per heavy atom. The van der Waals surface area contributed by atoms with Crippen LogP contribution in [-0.2, 0) is 10.2 Å². The number of nitrogens with zero attached hydrogens (tertiary/aromatic N) is 6. The number of nitro groups is 1. The van der Waals surface area contributed by atoms with Crippen molar-refractivity contribution in [2.24, 2.45) is 9.85 Å². The molecule has 5 rings (SSSR count). The molecule has 2 aromatic rings. The van der Waals surface area contributed by atoms with Crippen LogP contribution < -0.4 is 4.90 Å². The van der Waals surface area contributed by atoms with Crippen LogP contribution in [0.5, 0.6) is 0 Å². The molecule has 0 bridgehead atoms. The fourth-order valence-corrected chi connectivity index (χ4v) is 8.96. The Bertz CT molecular complexity index is 1260. The Morgan fingerprint density at radius 2 is 1.76 bits per heavy atom. The number of fused-ring (bicyclic) bond motifs is 1. The summed E-state index contributed by atoms with van der Waals surface area (Å²) in [4.78, 5) is 13.7. The number of likely N-dealkylation sites (N-methyl/N-ethyl adjacent to an activating group) is 1. The van der Waals surface area contributed by atoms with Gasteiger partial charge in [0, 0.05) is 50.1 Å². The minimum atomic E-state index is -2.68. The third kappa shape index (κ3) is 3.30. The van der Waals surface area contributed by atoms with Crippen molar-refractivity contribution in [3.05, 3.63) is 75.2 Å². The number of ether oxygens (including phenoxy) is 1. The van der Waals surface area contributed by atoms with E-state index < -0.39 is 7.36 Å². The average Bonchev–Trinajstić information content (AvgIpc) is 3.25. The van der Waals surface area contributed by atoms with Crippen LogP contribution in [-0.4, -0.2) is 61.0 Å². The van der Waals surface area contributed by atoms with Gasteiger partial charge < -0.3 is 9.64 Å². The largest absolute Gasteiger partial charge is 0.379 e. The van der Waals surface area contributed by atoms with Crippen LogP contribution in [0.3, 0.4) is 0 Å². The lowest BCUT2D eigenvalue weighted by Gasteiger charge is -2.41. The first-order chi connectivity index (χ1) is 16.3. The van der Waals surface area contributed by atoms with E-state index in [0.717, 1.165) is 16.7 Å². The summed E-state index contributed by atoms with van der Waals surface area (Å²) >= 11 is 0. The molecule has 0 N–H and O–H groups in total. The molecule has 3 aliphatic heterocycles. The number of anilines is 1. The molecule has 1 unspecified atom stereocenters. The number of morpholine rings is 1. The highest BCUT2D eigenvalue weighted by molar-refractivity contribution is 7.67. The van der Waals surface area contributed by atoms with Gasteiger partial charge in [0.2, 0.25) is 0 Å². The van der Waals surface area contributed by atoms with Gasteiger partial charge in [0.25, 0.3) is 5.69 Å². The first-order valence-corrected chi connectivity index (χ1v) is 13.0. The van der Waals surface area contributed by atoms with Crippen LogP contribution in [0.25, 0.3) is 0 Å². The number of rotatable bonds is 3. The van der Waals surface area contributed by atoms with Crippen molar-refractivity contribution in [2.45, 2.75) is 19.3 Å². The second-order valence-electron chi connectivity index (χ2n) is 9.15. The third-order valence-corrected chi connectivity index (χ3v) is 10.5. The lowest BCUT2D eigenvalue weighted by atomic mass is 9.84. The number of hydrogen-bond acceptors (Lipinski definition) is 6. The third-order valence-electron chi connectivity index (χ3n) is 6.89. The van der Waals surface area contributed by atoms with Crippen LogP contribution in [0.2, 0.25) is 0 Å². The van der Waals surface area contributed by atoms with E-state index in [-0.39, 0.29) is 16.0 Å². The SMILES string of the molecule is CN1C(=C2C=NN(C)P2(=Nc2ccccc2[N+](=O)[O-])N2CCOCC2)C(C)(C)c2ccccc21. The van der Waals surface area contributed by atoms with Gasteiger partial charge in [-0.25, -0.2) is 14.2 Å². The Balaban J connectivity index is 1.83. The first-order valence-electron chi connectivity index (χ1n) is 11.3. The van der Waals surface area contributed by atoms with E-state index in [0.29, 0.717) is 32.0 Å². The number of hydrazone groups is 1. The molecule has 1 fully saturated rings. The van der Waals surface area contributed by atoms with Gasteiger partial charge in [0.1, 0.15) is 5.69 Å². The molecule has 1 atom stereocenters. The second kappa shape index (κ2) is 8.34. The maximum Gasteiger partial charge on any atom is 0.294 e. The Kier molecular flexibility index (Phi) is 5.59. The smallest absolute Gasteiger partial charge is 0.294 e. The summed E-state index contributed by atoms with van der Waals surface area (Å²) < 4.78 is 15.2. The maximum absolute atomic E-state index is 11.9. The molecule has 2 aromatic carbocycles. The van der Waals surface area contributed by atoms with E-state index in [1.807, 2.05) is 18.0 Å². The minimum absolute atomic E-state index is 0.00195. The van der Waals surface area contributed by atoms with Gasteiger partial charge in [-0.3, -0.25) is 10.1 Å². The molecule has 0 spiro atoms. The van der Waals surface area contributed by atoms with Gasteiger partial charge in [0.15, 0.2) is 7.36 Å². The number of nitro benzene ring substituents is 1. The monoisotopic (exact) mass is 480 g/mol. The van der Waals surface area contributed by atoms with Gasteiger partial charge in [-0.15, -0.1) is 0 Å². The zero-order chi connectivity index (χ0) is 24.1. The predicted octanol–water partition coefficient (Wildman–Crippen LogP) is 5.16. The summed E-state index contributed by atoms with van der Waals surface area (Å²) in [6.45, 7) is 6.98. The highest BCUT2D eigenvalue weighted by atomic mass is 31.2. The summed E-state index contributed by atoms with van der Waals surface area (Å²) in [5.41, 5.74) is 3.62. The number of allylic oxidation sites excluding steroid dienone is 2. The van der Waals surface area contributed by atoms with Crippen LogP contribution in [0.15, 0.2) is 69.4 Å². The highest BCUT2D eigenvalue weighted by Crippen LogP contribution is 2.69. The molecule has 3 aliphatic rings. The van der Waals surface area contributed by atoms with E-state index in [4.69, 9.17) is 14.6 Å². The molecule has 0 aromatic heterocycles. The number of benzene rings is 2. The number of para-hydroxylation sites is 2. The predicted molar refractivity (Wildman–Crippen MR) is 136 cm³/mol. The normalized spacial score (nSPS) is 26.1. The summed E-state index contributed by atoms with van der Waals surface area (Å²) in [6.07, 6.45) is 1.92. The zero-order valence-corrected chi connectivity index (χ0v) is 20.8. The topological polar surface area (TPSA) is 86.8 Å². The van der Waals surface area contributed by atoms with Crippen molar-refractivity contribution in [3.63, 3.8) is 0 Å². The molecule has 0 aliphatic carbocycles. The Morgan fingerprint density at radius 3 is 2.47 bits per heavy atom. The van der Waals surface area contributed by atoms with Crippen LogP contribution in [0.4, 0.5) is 17.1 Å². The van der Waals surface area contributed by atoms with Crippen LogP contribution in [0, 0.1) is 10.1 Å².